The molecule has 1 aromatic rings. The smallest absolute Gasteiger partial charge is 0.350 e. The van der Waals surface area contributed by atoms with Crippen LogP contribution in [0.5, 0.6) is 0 Å². The highest BCUT2D eigenvalue weighted by atomic mass is 32.1. The monoisotopic (exact) mass is 278 g/mol. The molecule has 0 aliphatic heterocycles. The number of nitrogens with one attached hydrogen (secondary N) is 1. The van der Waals surface area contributed by atoms with Crippen molar-refractivity contribution in [2.24, 2.45) is 11.3 Å². The number of hydrogen-bond donors (Lipinski definition) is 1. The van der Waals surface area contributed by atoms with Crippen molar-refractivity contribution in [3.63, 3.8) is 0 Å². The lowest BCUT2D eigenvalue weighted by molar-refractivity contribution is -0.128. The molecule has 1 heterocycles. The number of amides is 1. The van der Waals surface area contributed by atoms with Crippen LogP contribution in [0, 0.1) is 22.7 Å². The third kappa shape index (κ3) is 2.34. The molecule has 0 bridgehead atoms. The van der Waals surface area contributed by atoms with Crippen LogP contribution in [-0.4, -0.2) is 19.0 Å². The van der Waals surface area contributed by atoms with E-state index in [0.29, 0.717) is 29.3 Å². The van der Waals surface area contributed by atoms with E-state index in [1.165, 1.54) is 18.4 Å². The molecular weight excluding hydrogens is 264 g/mol. The summed E-state index contributed by atoms with van der Waals surface area (Å²) in [4.78, 5) is 24.0. The van der Waals surface area contributed by atoms with Gasteiger partial charge in [-0.05, 0) is 30.2 Å². The zero-order valence-corrected chi connectivity index (χ0v) is 11.5. The van der Waals surface area contributed by atoms with Crippen LogP contribution in [-0.2, 0) is 9.53 Å². The summed E-state index contributed by atoms with van der Waals surface area (Å²) >= 11 is 1.20. The first-order chi connectivity index (χ1) is 9.02. The van der Waals surface area contributed by atoms with Gasteiger partial charge in [0.1, 0.15) is 10.3 Å². The third-order valence-electron chi connectivity index (χ3n) is 3.33. The fraction of sp³-hybridized carbons (Fsp3) is 0.462. The third-order valence-corrected chi connectivity index (χ3v) is 4.22. The molecule has 0 spiro atoms. The van der Waals surface area contributed by atoms with E-state index in [1.54, 1.807) is 11.4 Å². The molecule has 1 N–H and O–H groups in total. The Balaban J connectivity index is 2.14. The lowest BCUT2D eigenvalue weighted by atomic mass is 9.63. The number of nitrogens with zero attached hydrogens (tertiary/aromatic N) is 1. The van der Waals surface area contributed by atoms with E-state index >= 15 is 0 Å². The van der Waals surface area contributed by atoms with Crippen LogP contribution in [0.15, 0.2) is 11.4 Å². The number of hydrogen-bond acceptors (Lipinski definition) is 5. The number of ether oxygens (including phenoxy) is 1. The molecule has 1 aromatic heterocycles. The van der Waals surface area contributed by atoms with Crippen molar-refractivity contribution in [2.45, 2.75) is 19.8 Å². The molecule has 1 aliphatic carbocycles. The Morgan fingerprint density at radius 3 is 2.79 bits per heavy atom. The van der Waals surface area contributed by atoms with Gasteiger partial charge < -0.3 is 10.1 Å². The number of carbonyl (C=O) groups is 2. The van der Waals surface area contributed by atoms with Crippen LogP contribution in [0.25, 0.3) is 0 Å². The van der Waals surface area contributed by atoms with Gasteiger partial charge in [-0.1, -0.05) is 6.92 Å². The zero-order valence-electron chi connectivity index (χ0n) is 10.7. The molecule has 1 amide bonds. The Morgan fingerprint density at radius 1 is 1.58 bits per heavy atom. The first kappa shape index (κ1) is 13.6. The van der Waals surface area contributed by atoms with Crippen molar-refractivity contribution in [1.82, 2.24) is 0 Å². The predicted octanol–water partition coefficient (Wildman–Crippen LogP) is 2.41. The topological polar surface area (TPSA) is 79.2 Å². The number of anilines is 1. The molecule has 2 rings (SSSR count). The Hall–Kier alpha value is -1.87. The van der Waals surface area contributed by atoms with Gasteiger partial charge in [-0.15, -0.1) is 11.3 Å². The molecule has 0 unspecified atom stereocenters. The number of carbonyl (C=O) groups excluding carboxylic acids is 2. The maximum Gasteiger partial charge on any atom is 0.350 e. The summed E-state index contributed by atoms with van der Waals surface area (Å²) in [7, 11) is 1.29. The minimum Gasteiger partial charge on any atom is -0.465 e. The number of rotatable bonds is 3. The SMILES string of the molecule is COC(=O)c1sccc1NC(=O)C1(C#N)CC(C)C1. The van der Waals surface area contributed by atoms with E-state index in [2.05, 4.69) is 16.1 Å². The summed E-state index contributed by atoms with van der Waals surface area (Å²) in [5, 5.41) is 13.5. The quantitative estimate of drug-likeness (QED) is 0.861. The maximum atomic E-state index is 12.2. The van der Waals surface area contributed by atoms with Gasteiger partial charge in [-0.25, -0.2) is 4.79 Å². The average molecular weight is 278 g/mol. The minimum atomic E-state index is -0.950. The summed E-state index contributed by atoms with van der Waals surface area (Å²) in [5.74, 6) is -0.442. The predicted molar refractivity (Wildman–Crippen MR) is 70.7 cm³/mol. The second-order valence-electron chi connectivity index (χ2n) is 4.82. The molecule has 5 nitrogen and oxygen atoms in total. The fourth-order valence-corrected chi connectivity index (χ4v) is 3.12. The van der Waals surface area contributed by atoms with Gasteiger partial charge in [-0.3, -0.25) is 4.79 Å². The van der Waals surface area contributed by atoms with Crippen molar-refractivity contribution in [3.05, 3.63) is 16.3 Å². The van der Waals surface area contributed by atoms with E-state index in [9.17, 15) is 14.9 Å². The summed E-state index contributed by atoms with van der Waals surface area (Å²) in [5.41, 5.74) is -0.537. The Morgan fingerprint density at radius 2 is 2.26 bits per heavy atom. The van der Waals surface area contributed by atoms with Gasteiger partial charge in [0.2, 0.25) is 5.91 Å². The molecule has 1 saturated carbocycles. The van der Waals surface area contributed by atoms with Crippen LogP contribution < -0.4 is 5.32 Å². The minimum absolute atomic E-state index is 0.336. The molecular formula is C13H14N2O3S. The Labute approximate surface area is 115 Å². The van der Waals surface area contributed by atoms with Crippen LogP contribution in [0.3, 0.4) is 0 Å². The molecule has 0 saturated heterocycles. The fourth-order valence-electron chi connectivity index (χ4n) is 2.36. The summed E-state index contributed by atoms with van der Waals surface area (Å²) in [6, 6.07) is 3.74. The van der Waals surface area contributed by atoms with E-state index < -0.39 is 11.4 Å². The second kappa shape index (κ2) is 5.02. The lowest BCUT2D eigenvalue weighted by Crippen LogP contribution is -2.45. The zero-order chi connectivity index (χ0) is 14.0. The Kier molecular flexibility index (Phi) is 3.58. The van der Waals surface area contributed by atoms with E-state index in [-0.39, 0.29) is 5.91 Å². The van der Waals surface area contributed by atoms with E-state index in [0.717, 1.165) is 0 Å². The maximum absolute atomic E-state index is 12.2. The van der Waals surface area contributed by atoms with E-state index in [1.807, 2.05) is 6.92 Å². The van der Waals surface area contributed by atoms with Gasteiger partial charge in [0.15, 0.2) is 0 Å². The molecule has 19 heavy (non-hydrogen) atoms. The number of esters is 1. The van der Waals surface area contributed by atoms with Gasteiger partial charge in [0.25, 0.3) is 0 Å². The molecule has 100 valence electrons. The molecule has 1 aliphatic rings. The largest absolute Gasteiger partial charge is 0.465 e. The van der Waals surface area contributed by atoms with Crippen LogP contribution in [0.4, 0.5) is 5.69 Å². The summed E-state index contributed by atoms with van der Waals surface area (Å²) in [6.45, 7) is 2.01. The van der Waals surface area contributed by atoms with Crippen molar-refractivity contribution in [1.29, 1.82) is 5.26 Å². The van der Waals surface area contributed by atoms with Crippen LogP contribution in [0.1, 0.15) is 29.4 Å². The molecule has 1 fully saturated rings. The highest BCUT2D eigenvalue weighted by Crippen LogP contribution is 2.45. The highest BCUT2D eigenvalue weighted by Gasteiger charge is 2.49. The second-order valence-corrected chi connectivity index (χ2v) is 5.73. The highest BCUT2D eigenvalue weighted by molar-refractivity contribution is 7.12. The van der Waals surface area contributed by atoms with Crippen molar-refractivity contribution in [2.75, 3.05) is 12.4 Å². The summed E-state index contributed by atoms with van der Waals surface area (Å²) < 4.78 is 4.64. The van der Waals surface area contributed by atoms with Crippen molar-refractivity contribution >= 4 is 28.9 Å². The Bertz CT molecular complexity index is 552. The molecule has 0 atom stereocenters. The van der Waals surface area contributed by atoms with Crippen molar-refractivity contribution in [3.8, 4) is 6.07 Å². The van der Waals surface area contributed by atoms with Gasteiger partial charge in [0, 0.05) is 0 Å². The number of methoxy groups -OCH3 is 1. The molecule has 0 radical (unpaired) electrons. The number of nitriles is 1. The molecule has 0 aromatic carbocycles. The number of thiophene rings is 1. The van der Waals surface area contributed by atoms with Gasteiger partial charge in [0.05, 0.1) is 18.9 Å². The first-order valence-electron chi connectivity index (χ1n) is 5.91. The lowest BCUT2D eigenvalue weighted by Gasteiger charge is -2.39. The van der Waals surface area contributed by atoms with Crippen LogP contribution >= 0.6 is 11.3 Å². The normalized spacial score (nSPS) is 25.0. The molecule has 6 heteroatoms. The summed E-state index contributed by atoms with van der Waals surface area (Å²) in [6.07, 6.45) is 1.13. The van der Waals surface area contributed by atoms with Crippen LogP contribution in [0.2, 0.25) is 0 Å². The first-order valence-corrected chi connectivity index (χ1v) is 6.79. The van der Waals surface area contributed by atoms with Gasteiger partial charge >= 0.3 is 5.97 Å². The van der Waals surface area contributed by atoms with E-state index in [4.69, 9.17) is 0 Å². The van der Waals surface area contributed by atoms with Gasteiger partial charge in [-0.2, -0.15) is 5.26 Å². The average Bonchev–Trinajstić information content (AvgIpc) is 2.81. The van der Waals surface area contributed by atoms with Crippen molar-refractivity contribution < 1.29 is 14.3 Å². The standard InChI is InChI=1S/C13H14N2O3S/c1-8-5-13(6-8,7-14)12(17)15-9-3-4-19-10(9)11(16)18-2/h3-4,8H,5-6H2,1-2H3,(H,15,17).